The maximum Gasteiger partial charge on any atom is 0.203 e. The average molecular weight is 963 g/mol. The third-order valence-corrected chi connectivity index (χ3v) is 15.7. The van der Waals surface area contributed by atoms with Crippen molar-refractivity contribution in [2.75, 3.05) is 0 Å². The Balaban J connectivity index is 0.908. The molecule has 15 rings (SSSR count). The van der Waals surface area contributed by atoms with Crippen LogP contribution in [0.15, 0.2) is 255 Å². The summed E-state index contributed by atoms with van der Waals surface area (Å²) in [4.78, 5) is 4.48. The van der Waals surface area contributed by atoms with Crippen LogP contribution in [0.25, 0.3) is 147 Å². The smallest absolute Gasteiger partial charge is 0.203 e. The molecule has 0 amide bonds. The first-order valence-electron chi connectivity index (χ1n) is 25.7. The van der Waals surface area contributed by atoms with Gasteiger partial charge < -0.3 is 9.13 Å². The minimum Gasteiger partial charge on any atom is -0.309 e. The highest BCUT2D eigenvalue weighted by Gasteiger charge is 2.28. The minimum absolute atomic E-state index is 0.506. The molecule has 0 fully saturated rings. The van der Waals surface area contributed by atoms with Gasteiger partial charge >= 0.3 is 0 Å². The van der Waals surface area contributed by atoms with E-state index >= 15 is 0 Å². The normalized spacial score (nSPS) is 11.7. The number of fused-ring (bicyclic) bond motifs is 12. The van der Waals surface area contributed by atoms with Gasteiger partial charge in [-0.1, -0.05) is 194 Å². The van der Waals surface area contributed by atoms with Gasteiger partial charge in [0.15, 0.2) is 0 Å². The first-order valence-corrected chi connectivity index (χ1v) is 25.7. The predicted octanol–water partition coefficient (Wildman–Crippen LogP) is 19.6. The number of benzene rings is 13. The molecule has 2 heterocycles. The van der Waals surface area contributed by atoms with Gasteiger partial charge in [0.05, 0.1) is 34.2 Å². The van der Waals surface area contributed by atoms with Gasteiger partial charge in [0.2, 0.25) is 5.69 Å². The standard InChI is InChI=1S/C72H42N4/c1-74-72-70(46-18-6-3-7-19-46)69(51-32-36-55-47(40-51)28-30-49-42-53(34-38-57(49)55)75-64-24-12-8-20-59(64)60-21-9-13-25-65(60)75)63(44-73)68(45-16-4-2-5-17-45)71(72)52-33-37-56-48(41-52)29-31-50-43-54(35-39-58(50)56)76-66-26-14-10-22-61(66)62-23-11-15-27-67(62)76/h2-43H. The Bertz CT molecular complexity index is 4580. The van der Waals surface area contributed by atoms with Gasteiger partial charge in [0.25, 0.3) is 0 Å². The van der Waals surface area contributed by atoms with E-state index in [9.17, 15) is 5.26 Å². The lowest BCUT2D eigenvalue weighted by atomic mass is 9.79. The molecule has 0 aliphatic rings. The zero-order valence-corrected chi connectivity index (χ0v) is 41.0. The second-order valence-electron chi connectivity index (χ2n) is 19.7. The summed E-state index contributed by atoms with van der Waals surface area (Å²) in [5.41, 5.74) is 14.5. The average Bonchev–Trinajstić information content (AvgIpc) is 4.09. The Morgan fingerprint density at radius 1 is 0.303 bits per heavy atom. The van der Waals surface area contributed by atoms with E-state index in [4.69, 9.17) is 6.57 Å². The van der Waals surface area contributed by atoms with E-state index in [1.807, 2.05) is 36.4 Å². The predicted molar refractivity (Wildman–Crippen MR) is 318 cm³/mol. The third-order valence-electron chi connectivity index (χ3n) is 15.7. The Kier molecular flexibility index (Phi) is 9.66. The zero-order chi connectivity index (χ0) is 50.4. The summed E-state index contributed by atoms with van der Waals surface area (Å²) >= 11 is 0. The molecule has 0 atom stereocenters. The fraction of sp³-hybridized carbons (Fsp3) is 0. The Morgan fingerprint density at radius 2 is 0.632 bits per heavy atom. The van der Waals surface area contributed by atoms with Crippen LogP contribution in [0, 0.1) is 17.9 Å². The highest BCUT2D eigenvalue weighted by Crippen LogP contribution is 2.54. The van der Waals surface area contributed by atoms with Gasteiger partial charge in [-0.15, -0.1) is 0 Å². The monoisotopic (exact) mass is 962 g/mol. The molecule has 0 radical (unpaired) electrons. The van der Waals surface area contributed by atoms with Crippen molar-refractivity contribution in [3.05, 3.63) is 272 Å². The largest absolute Gasteiger partial charge is 0.309 e. The number of para-hydroxylation sites is 4. The van der Waals surface area contributed by atoms with Crippen LogP contribution in [0.1, 0.15) is 5.56 Å². The number of nitriles is 1. The summed E-state index contributed by atoms with van der Waals surface area (Å²) < 4.78 is 4.72. The molecular weight excluding hydrogens is 921 g/mol. The van der Waals surface area contributed by atoms with Gasteiger partial charge in [-0.25, -0.2) is 4.85 Å². The molecule has 0 bridgehead atoms. The molecule has 4 nitrogen and oxygen atoms in total. The number of hydrogen-bond acceptors (Lipinski definition) is 1. The molecular formula is C72H42N4. The topological polar surface area (TPSA) is 38.0 Å². The molecule has 0 aliphatic heterocycles. The molecule has 13 aromatic carbocycles. The number of aromatic nitrogens is 2. The van der Waals surface area contributed by atoms with Gasteiger partial charge in [-0.05, 0) is 148 Å². The molecule has 15 aromatic rings. The molecule has 0 N–H and O–H groups in total. The molecule has 0 saturated carbocycles. The van der Waals surface area contributed by atoms with Crippen molar-refractivity contribution in [2.24, 2.45) is 0 Å². The van der Waals surface area contributed by atoms with E-state index in [2.05, 4.69) is 238 Å². The fourth-order valence-corrected chi connectivity index (χ4v) is 12.4. The van der Waals surface area contributed by atoms with Crippen molar-refractivity contribution in [3.8, 4) is 62.0 Å². The molecule has 0 saturated heterocycles. The van der Waals surface area contributed by atoms with Gasteiger partial charge in [-0.3, -0.25) is 0 Å². The van der Waals surface area contributed by atoms with Crippen molar-refractivity contribution in [1.82, 2.24) is 9.13 Å². The van der Waals surface area contributed by atoms with Crippen LogP contribution >= 0.6 is 0 Å². The third kappa shape index (κ3) is 6.49. The Labute approximate surface area is 438 Å². The summed E-state index contributed by atoms with van der Waals surface area (Å²) in [6.07, 6.45) is 0. The van der Waals surface area contributed by atoms with Gasteiger partial charge in [0.1, 0.15) is 6.07 Å². The SMILES string of the molecule is [C-]#[N+]c1c(-c2ccccc2)c(-c2ccc3c(ccc4cc(-n5c6ccccc6c6ccccc65)ccc43)c2)c(C#N)c(-c2ccccc2)c1-c1ccc2c(ccc3cc(-n4c5ccccc5c5ccccc54)ccc32)c1. The van der Waals surface area contributed by atoms with E-state index in [-0.39, 0.29) is 0 Å². The van der Waals surface area contributed by atoms with E-state index in [1.54, 1.807) is 0 Å². The first kappa shape index (κ1) is 43.1. The molecule has 76 heavy (non-hydrogen) atoms. The summed E-state index contributed by atoms with van der Waals surface area (Å²) in [6.45, 7) is 9.14. The van der Waals surface area contributed by atoms with Gasteiger partial charge in [-0.2, -0.15) is 5.26 Å². The fourth-order valence-electron chi connectivity index (χ4n) is 12.4. The lowest BCUT2D eigenvalue weighted by molar-refractivity contribution is 1.19. The van der Waals surface area contributed by atoms with Crippen molar-refractivity contribution in [3.63, 3.8) is 0 Å². The van der Waals surface area contributed by atoms with E-state index < -0.39 is 0 Å². The van der Waals surface area contributed by atoms with Crippen LogP contribution in [0.5, 0.6) is 0 Å². The van der Waals surface area contributed by atoms with Gasteiger partial charge in [0, 0.05) is 32.9 Å². The van der Waals surface area contributed by atoms with E-state index in [1.165, 1.54) is 43.6 Å². The number of hydrogen-bond donors (Lipinski definition) is 0. The van der Waals surface area contributed by atoms with Crippen molar-refractivity contribution in [2.45, 2.75) is 0 Å². The van der Waals surface area contributed by atoms with E-state index in [0.29, 0.717) is 11.3 Å². The van der Waals surface area contributed by atoms with E-state index in [0.717, 1.165) is 99.0 Å². The van der Waals surface area contributed by atoms with Crippen molar-refractivity contribution >= 4 is 92.4 Å². The lowest BCUT2D eigenvalue weighted by Crippen LogP contribution is -1.99. The Hall–Kier alpha value is -10.5. The van der Waals surface area contributed by atoms with Crippen LogP contribution in [-0.2, 0) is 0 Å². The second kappa shape index (κ2) is 17.0. The van der Waals surface area contributed by atoms with Crippen LogP contribution in [0.2, 0.25) is 0 Å². The lowest BCUT2D eigenvalue weighted by Gasteiger charge is -2.23. The highest BCUT2D eigenvalue weighted by molar-refractivity contribution is 6.16. The zero-order valence-electron chi connectivity index (χ0n) is 41.0. The quantitative estimate of drug-likeness (QED) is 0.121. The summed E-state index contributed by atoms with van der Waals surface area (Å²) in [6, 6.07) is 92.8. The summed E-state index contributed by atoms with van der Waals surface area (Å²) in [5, 5.41) is 25.5. The van der Waals surface area contributed by atoms with Crippen molar-refractivity contribution in [1.29, 1.82) is 5.26 Å². The number of rotatable bonds is 6. The van der Waals surface area contributed by atoms with Crippen LogP contribution in [-0.4, -0.2) is 9.13 Å². The molecule has 350 valence electrons. The Morgan fingerprint density at radius 3 is 1.04 bits per heavy atom. The highest BCUT2D eigenvalue weighted by atomic mass is 15.0. The molecule has 2 aromatic heterocycles. The first-order chi connectivity index (χ1) is 37.6. The minimum atomic E-state index is 0.506. The number of nitrogens with zero attached hydrogens (tertiary/aromatic N) is 4. The molecule has 0 aliphatic carbocycles. The van der Waals surface area contributed by atoms with Crippen LogP contribution in [0.3, 0.4) is 0 Å². The second-order valence-corrected chi connectivity index (χ2v) is 19.7. The summed E-state index contributed by atoms with van der Waals surface area (Å²) in [5.74, 6) is 0. The summed E-state index contributed by atoms with van der Waals surface area (Å²) in [7, 11) is 0. The molecule has 0 spiro atoms. The maximum atomic E-state index is 11.7. The molecule has 4 heteroatoms. The molecule has 0 unspecified atom stereocenters. The van der Waals surface area contributed by atoms with Crippen molar-refractivity contribution < 1.29 is 0 Å². The van der Waals surface area contributed by atoms with Crippen LogP contribution < -0.4 is 0 Å². The van der Waals surface area contributed by atoms with Crippen LogP contribution in [0.4, 0.5) is 5.69 Å². The maximum absolute atomic E-state index is 11.7.